The van der Waals surface area contributed by atoms with E-state index in [-0.39, 0.29) is 5.92 Å². The minimum atomic E-state index is -0.679. The van der Waals surface area contributed by atoms with E-state index in [0.717, 1.165) is 12.8 Å². The predicted molar refractivity (Wildman–Crippen MR) is 111 cm³/mol. The number of hydrogen-bond acceptors (Lipinski definition) is 4. The van der Waals surface area contributed by atoms with Crippen LogP contribution in [0.5, 0.6) is 0 Å². The quantitative estimate of drug-likeness (QED) is 0.246. The fourth-order valence-corrected chi connectivity index (χ4v) is 2.76. The van der Waals surface area contributed by atoms with Gasteiger partial charge in [0.25, 0.3) is 0 Å². The molecule has 0 fully saturated rings. The van der Waals surface area contributed by atoms with E-state index in [0.29, 0.717) is 13.2 Å². The number of carbonyl (C=O) groups excluding carboxylic acids is 2. The van der Waals surface area contributed by atoms with Gasteiger partial charge in [0.2, 0.25) is 0 Å². The van der Waals surface area contributed by atoms with E-state index in [1.165, 1.54) is 64.2 Å². The van der Waals surface area contributed by atoms with Crippen LogP contribution in [0.2, 0.25) is 0 Å². The van der Waals surface area contributed by atoms with E-state index in [9.17, 15) is 9.59 Å². The zero-order valence-electron chi connectivity index (χ0n) is 18.2. The third-order valence-corrected chi connectivity index (χ3v) is 4.48. The number of esters is 1. The Labute approximate surface area is 167 Å². The average Bonchev–Trinajstić information content (AvgIpc) is 2.63. The van der Waals surface area contributed by atoms with Crippen molar-refractivity contribution in [3.63, 3.8) is 0 Å². The summed E-state index contributed by atoms with van der Waals surface area (Å²) in [7, 11) is 0. The van der Waals surface area contributed by atoms with Crippen molar-refractivity contribution < 1.29 is 19.1 Å². The van der Waals surface area contributed by atoms with Crippen molar-refractivity contribution in [2.75, 3.05) is 13.2 Å². The summed E-state index contributed by atoms with van der Waals surface area (Å²) in [6.07, 6.45) is 14.7. The monoisotopic (exact) mass is 385 g/mol. The molecule has 0 aromatic carbocycles. The number of alkyl carbamates (subject to hydrolysis) is 1. The number of ether oxygens (including phenoxy) is 2. The number of amides is 1. The van der Waals surface area contributed by atoms with Crippen molar-refractivity contribution in [1.82, 2.24) is 5.32 Å². The van der Waals surface area contributed by atoms with Crippen LogP contribution in [0.1, 0.15) is 105 Å². The van der Waals surface area contributed by atoms with E-state index in [1.807, 2.05) is 13.8 Å². The summed E-state index contributed by atoms with van der Waals surface area (Å²) < 4.78 is 10.2. The zero-order chi connectivity index (χ0) is 20.3. The summed E-state index contributed by atoms with van der Waals surface area (Å²) in [5.74, 6) is -0.136. The molecule has 0 aliphatic carbocycles. The maximum Gasteiger partial charge on any atom is 0.407 e. The fourth-order valence-electron chi connectivity index (χ4n) is 2.76. The summed E-state index contributed by atoms with van der Waals surface area (Å²) in [6.45, 7) is 8.54. The topological polar surface area (TPSA) is 64.6 Å². The number of unbranched alkanes of at least 4 members (excludes halogenated alkanes) is 11. The van der Waals surface area contributed by atoms with Gasteiger partial charge in [-0.2, -0.15) is 0 Å². The van der Waals surface area contributed by atoms with Gasteiger partial charge < -0.3 is 14.8 Å². The van der Waals surface area contributed by atoms with Crippen molar-refractivity contribution in [3.8, 4) is 0 Å². The van der Waals surface area contributed by atoms with Crippen LogP contribution >= 0.6 is 0 Å². The zero-order valence-corrected chi connectivity index (χ0v) is 18.2. The van der Waals surface area contributed by atoms with Crippen LogP contribution in [-0.4, -0.2) is 31.3 Å². The Morgan fingerprint density at radius 3 is 1.70 bits per heavy atom. The van der Waals surface area contributed by atoms with E-state index < -0.39 is 18.1 Å². The standard InChI is InChI=1S/C22H43NO4/c1-5-6-7-8-9-10-11-12-13-14-15-16-17-26-21(24)20(4)23-22(25)27-18-19(2)3/h19-20H,5-18H2,1-4H3,(H,23,25)/t20-/m0/s1. The minimum Gasteiger partial charge on any atom is -0.464 e. The lowest BCUT2D eigenvalue weighted by Crippen LogP contribution is -2.40. The molecule has 0 saturated carbocycles. The molecule has 27 heavy (non-hydrogen) atoms. The molecular formula is C22H43NO4. The molecule has 0 saturated heterocycles. The van der Waals surface area contributed by atoms with Crippen molar-refractivity contribution in [2.24, 2.45) is 5.92 Å². The first-order valence-electron chi connectivity index (χ1n) is 11.1. The van der Waals surface area contributed by atoms with Crippen LogP contribution < -0.4 is 5.32 Å². The molecule has 160 valence electrons. The summed E-state index contributed by atoms with van der Waals surface area (Å²) in [5, 5.41) is 2.50. The van der Waals surface area contributed by atoms with Crippen LogP contribution in [-0.2, 0) is 14.3 Å². The Balaban J connectivity index is 3.43. The molecule has 0 radical (unpaired) electrons. The summed E-state index contributed by atoms with van der Waals surface area (Å²) in [5.41, 5.74) is 0. The van der Waals surface area contributed by atoms with Crippen molar-refractivity contribution in [2.45, 2.75) is 111 Å². The predicted octanol–water partition coefficient (Wildman–Crippen LogP) is 6.00. The van der Waals surface area contributed by atoms with E-state index in [1.54, 1.807) is 6.92 Å². The molecule has 0 aromatic rings. The van der Waals surface area contributed by atoms with Gasteiger partial charge in [-0.1, -0.05) is 91.4 Å². The van der Waals surface area contributed by atoms with E-state index in [2.05, 4.69) is 12.2 Å². The minimum absolute atomic E-state index is 0.267. The second-order valence-corrected chi connectivity index (χ2v) is 7.91. The van der Waals surface area contributed by atoms with Gasteiger partial charge in [0.1, 0.15) is 6.04 Å². The van der Waals surface area contributed by atoms with Gasteiger partial charge in [0.15, 0.2) is 0 Å². The molecule has 1 N–H and O–H groups in total. The Morgan fingerprint density at radius 2 is 1.22 bits per heavy atom. The summed E-state index contributed by atoms with van der Waals surface area (Å²) in [6, 6.07) is -0.679. The summed E-state index contributed by atoms with van der Waals surface area (Å²) in [4.78, 5) is 23.3. The first-order chi connectivity index (χ1) is 13.0. The van der Waals surface area contributed by atoms with Crippen molar-refractivity contribution in [1.29, 1.82) is 0 Å². The van der Waals surface area contributed by atoms with Gasteiger partial charge in [-0.05, 0) is 19.3 Å². The number of hydrogen-bond donors (Lipinski definition) is 1. The van der Waals surface area contributed by atoms with Gasteiger partial charge in [-0.3, -0.25) is 0 Å². The highest BCUT2D eigenvalue weighted by atomic mass is 16.6. The molecule has 0 bridgehead atoms. The number of carbonyl (C=O) groups is 2. The van der Waals surface area contributed by atoms with Crippen molar-refractivity contribution >= 4 is 12.1 Å². The molecule has 5 heteroatoms. The first kappa shape index (κ1) is 25.7. The van der Waals surface area contributed by atoms with Crippen LogP contribution in [0.4, 0.5) is 4.79 Å². The molecule has 1 atom stereocenters. The molecule has 0 unspecified atom stereocenters. The third-order valence-electron chi connectivity index (χ3n) is 4.48. The normalized spacial score (nSPS) is 12.0. The van der Waals surface area contributed by atoms with Crippen LogP contribution in [0.3, 0.4) is 0 Å². The molecule has 0 aliphatic heterocycles. The van der Waals surface area contributed by atoms with Gasteiger partial charge in [-0.25, -0.2) is 9.59 Å². The summed E-state index contributed by atoms with van der Waals surface area (Å²) >= 11 is 0. The van der Waals surface area contributed by atoms with Gasteiger partial charge >= 0.3 is 12.1 Å². The molecule has 0 aliphatic rings. The van der Waals surface area contributed by atoms with Crippen molar-refractivity contribution in [3.05, 3.63) is 0 Å². The van der Waals surface area contributed by atoms with Gasteiger partial charge in [0, 0.05) is 0 Å². The Hall–Kier alpha value is -1.26. The lowest BCUT2D eigenvalue weighted by molar-refractivity contribution is -0.145. The Bertz CT molecular complexity index is 371. The molecule has 0 heterocycles. The van der Waals surface area contributed by atoms with Crippen LogP contribution in [0.25, 0.3) is 0 Å². The highest BCUT2D eigenvalue weighted by Gasteiger charge is 2.17. The van der Waals surface area contributed by atoms with Crippen LogP contribution in [0, 0.1) is 5.92 Å². The fraction of sp³-hybridized carbons (Fsp3) is 0.909. The second kappa shape index (κ2) is 18.1. The molecule has 0 spiro atoms. The number of rotatable bonds is 17. The second-order valence-electron chi connectivity index (χ2n) is 7.91. The van der Waals surface area contributed by atoms with Crippen LogP contribution in [0.15, 0.2) is 0 Å². The third kappa shape index (κ3) is 17.9. The highest BCUT2D eigenvalue weighted by Crippen LogP contribution is 2.12. The van der Waals surface area contributed by atoms with E-state index in [4.69, 9.17) is 9.47 Å². The lowest BCUT2D eigenvalue weighted by Gasteiger charge is -2.14. The molecular weight excluding hydrogens is 342 g/mol. The Kier molecular flexibility index (Phi) is 17.3. The average molecular weight is 386 g/mol. The highest BCUT2D eigenvalue weighted by molar-refractivity contribution is 5.80. The first-order valence-corrected chi connectivity index (χ1v) is 11.1. The SMILES string of the molecule is CCCCCCCCCCCCCCOC(=O)[C@H](C)NC(=O)OCC(C)C. The molecule has 5 nitrogen and oxygen atoms in total. The molecule has 0 aromatic heterocycles. The lowest BCUT2D eigenvalue weighted by atomic mass is 10.1. The molecule has 0 rings (SSSR count). The van der Waals surface area contributed by atoms with E-state index >= 15 is 0 Å². The maximum absolute atomic E-state index is 11.8. The van der Waals surface area contributed by atoms with Gasteiger partial charge in [-0.15, -0.1) is 0 Å². The Morgan fingerprint density at radius 1 is 0.741 bits per heavy atom. The number of nitrogens with one attached hydrogen (secondary N) is 1. The maximum atomic E-state index is 11.8. The molecule has 1 amide bonds. The van der Waals surface area contributed by atoms with Gasteiger partial charge in [0.05, 0.1) is 13.2 Å². The largest absolute Gasteiger partial charge is 0.464 e. The smallest absolute Gasteiger partial charge is 0.407 e.